The summed E-state index contributed by atoms with van der Waals surface area (Å²) in [5.74, 6) is 2.32. The second-order valence-electron chi connectivity index (χ2n) is 6.74. The number of rotatable bonds is 3. The number of nitrogens with zero attached hydrogens (tertiary/aromatic N) is 5. The van der Waals surface area contributed by atoms with Crippen LogP contribution in [0.3, 0.4) is 0 Å². The van der Waals surface area contributed by atoms with Crippen molar-refractivity contribution in [3.8, 4) is 11.4 Å². The third-order valence-corrected chi connectivity index (χ3v) is 5.99. The predicted molar refractivity (Wildman–Crippen MR) is 105 cm³/mol. The molecule has 26 heavy (non-hydrogen) atoms. The van der Waals surface area contributed by atoms with Gasteiger partial charge in [0.1, 0.15) is 5.82 Å². The van der Waals surface area contributed by atoms with E-state index in [1.165, 1.54) is 5.56 Å². The monoisotopic (exact) mass is 361 g/mol. The van der Waals surface area contributed by atoms with Crippen LogP contribution in [-0.4, -0.2) is 32.4 Å². The molecule has 5 rings (SSSR count). The fraction of sp³-hybridized carbons (Fsp3) is 0.250. The number of fused-ring (bicyclic) bond motifs is 1. The quantitative estimate of drug-likeness (QED) is 0.548. The highest BCUT2D eigenvalue weighted by Crippen LogP contribution is 2.35. The van der Waals surface area contributed by atoms with E-state index >= 15 is 0 Å². The Hall–Kier alpha value is -2.73. The van der Waals surface area contributed by atoms with E-state index in [9.17, 15) is 0 Å². The van der Waals surface area contributed by atoms with E-state index in [1.54, 1.807) is 11.3 Å². The molecule has 0 aliphatic carbocycles. The molecule has 6 heteroatoms. The summed E-state index contributed by atoms with van der Waals surface area (Å²) < 4.78 is 1.86. The standard InChI is InChI=1S/C20H19N5S/c1-14-17(15-5-3-2-4-6-15)9-11-24(14)19-8-7-18-21-22-20(25(18)23-19)16-10-12-26-13-16/h2-8,10,12-14,17H,9,11H2,1H3. The van der Waals surface area contributed by atoms with Gasteiger partial charge in [0.15, 0.2) is 11.5 Å². The van der Waals surface area contributed by atoms with Crippen LogP contribution in [0.1, 0.15) is 24.8 Å². The first kappa shape index (κ1) is 15.5. The summed E-state index contributed by atoms with van der Waals surface area (Å²) in [7, 11) is 0. The predicted octanol–water partition coefficient (Wildman–Crippen LogP) is 4.24. The smallest absolute Gasteiger partial charge is 0.186 e. The summed E-state index contributed by atoms with van der Waals surface area (Å²) >= 11 is 1.65. The Morgan fingerprint density at radius 3 is 2.73 bits per heavy atom. The second kappa shape index (κ2) is 6.21. The molecule has 1 aliphatic rings. The van der Waals surface area contributed by atoms with E-state index in [1.807, 2.05) is 16.0 Å². The van der Waals surface area contributed by atoms with Crippen LogP contribution in [0.15, 0.2) is 59.3 Å². The summed E-state index contributed by atoms with van der Waals surface area (Å²) in [5.41, 5.74) is 3.25. The Morgan fingerprint density at radius 2 is 1.92 bits per heavy atom. The summed E-state index contributed by atoms with van der Waals surface area (Å²) in [5, 5.41) is 17.6. The topological polar surface area (TPSA) is 46.3 Å². The van der Waals surface area contributed by atoms with Crippen molar-refractivity contribution in [2.24, 2.45) is 0 Å². The minimum absolute atomic E-state index is 0.406. The molecule has 0 radical (unpaired) electrons. The second-order valence-corrected chi connectivity index (χ2v) is 7.52. The zero-order valence-electron chi connectivity index (χ0n) is 14.5. The lowest BCUT2D eigenvalue weighted by molar-refractivity contribution is 0.629. The van der Waals surface area contributed by atoms with E-state index in [-0.39, 0.29) is 0 Å². The van der Waals surface area contributed by atoms with E-state index in [4.69, 9.17) is 5.10 Å². The molecule has 0 bridgehead atoms. The molecule has 3 aromatic heterocycles. The van der Waals surface area contributed by atoms with Crippen molar-refractivity contribution in [3.05, 3.63) is 64.9 Å². The van der Waals surface area contributed by atoms with E-state index in [2.05, 4.69) is 69.9 Å². The first-order chi connectivity index (χ1) is 12.8. The molecule has 0 spiro atoms. The van der Waals surface area contributed by atoms with Crippen molar-refractivity contribution in [1.82, 2.24) is 19.8 Å². The summed E-state index contributed by atoms with van der Waals surface area (Å²) in [6, 6.07) is 17.3. The van der Waals surface area contributed by atoms with E-state index in [0.717, 1.165) is 35.8 Å². The van der Waals surface area contributed by atoms with Gasteiger partial charge in [0.2, 0.25) is 0 Å². The number of benzene rings is 1. The zero-order chi connectivity index (χ0) is 17.5. The molecule has 1 aliphatic heterocycles. The first-order valence-electron chi connectivity index (χ1n) is 8.88. The van der Waals surface area contributed by atoms with Gasteiger partial charge in [-0.1, -0.05) is 30.3 Å². The average Bonchev–Trinajstić information content (AvgIpc) is 3.41. The van der Waals surface area contributed by atoms with Crippen LogP contribution in [0, 0.1) is 0 Å². The highest BCUT2D eigenvalue weighted by atomic mass is 32.1. The third-order valence-electron chi connectivity index (χ3n) is 5.31. The van der Waals surface area contributed by atoms with Gasteiger partial charge >= 0.3 is 0 Å². The number of anilines is 1. The normalized spacial score (nSPS) is 20.1. The lowest BCUT2D eigenvalue weighted by Gasteiger charge is -2.25. The van der Waals surface area contributed by atoms with Gasteiger partial charge in [-0.05, 0) is 42.5 Å². The maximum absolute atomic E-state index is 4.87. The van der Waals surface area contributed by atoms with Crippen molar-refractivity contribution in [2.45, 2.75) is 25.3 Å². The number of aromatic nitrogens is 4. The summed E-state index contributed by atoms with van der Waals surface area (Å²) in [4.78, 5) is 2.40. The molecule has 0 N–H and O–H groups in total. The molecule has 1 saturated heterocycles. The van der Waals surface area contributed by atoms with Crippen LogP contribution in [-0.2, 0) is 0 Å². The SMILES string of the molecule is CC1C(c2ccccc2)CCN1c1ccc2nnc(-c3ccsc3)n2n1. The summed E-state index contributed by atoms with van der Waals surface area (Å²) in [6.07, 6.45) is 1.14. The summed E-state index contributed by atoms with van der Waals surface area (Å²) in [6.45, 7) is 3.30. The van der Waals surface area contributed by atoms with Crippen molar-refractivity contribution in [1.29, 1.82) is 0 Å². The number of hydrogen-bond acceptors (Lipinski definition) is 5. The highest BCUT2D eigenvalue weighted by Gasteiger charge is 2.32. The molecule has 1 aromatic carbocycles. The molecular weight excluding hydrogens is 342 g/mol. The van der Waals surface area contributed by atoms with Gasteiger partial charge in [-0.15, -0.1) is 15.3 Å². The minimum Gasteiger partial charge on any atom is -0.352 e. The molecule has 0 amide bonds. The van der Waals surface area contributed by atoms with Crippen LogP contribution in [0.25, 0.3) is 17.0 Å². The highest BCUT2D eigenvalue weighted by molar-refractivity contribution is 7.08. The lowest BCUT2D eigenvalue weighted by atomic mass is 9.93. The van der Waals surface area contributed by atoms with Crippen LogP contribution in [0.2, 0.25) is 0 Å². The first-order valence-corrected chi connectivity index (χ1v) is 9.82. The van der Waals surface area contributed by atoms with Gasteiger partial charge in [0.25, 0.3) is 0 Å². The molecule has 2 atom stereocenters. The Labute approximate surface area is 155 Å². The van der Waals surface area contributed by atoms with Crippen LogP contribution >= 0.6 is 11.3 Å². The number of thiophene rings is 1. The maximum atomic E-state index is 4.87. The van der Waals surface area contributed by atoms with Gasteiger partial charge in [-0.25, -0.2) is 0 Å². The molecule has 2 unspecified atom stereocenters. The van der Waals surface area contributed by atoms with Crippen molar-refractivity contribution >= 4 is 22.8 Å². The molecule has 130 valence electrons. The van der Waals surface area contributed by atoms with Crippen molar-refractivity contribution in [2.75, 3.05) is 11.4 Å². The molecular formula is C20H19N5S. The van der Waals surface area contributed by atoms with E-state index < -0.39 is 0 Å². The van der Waals surface area contributed by atoms with Crippen molar-refractivity contribution in [3.63, 3.8) is 0 Å². The third kappa shape index (κ3) is 2.49. The molecule has 4 heterocycles. The zero-order valence-corrected chi connectivity index (χ0v) is 15.3. The fourth-order valence-corrected chi connectivity index (χ4v) is 4.55. The number of hydrogen-bond donors (Lipinski definition) is 0. The van der Waals surface area contributed by atoms with Gasteiger partial charge in [-0.3, -0.25) is 0 Å². The Morgan fingerprint density at radius 1 is 1.04 bits per heavy atom. The van der Waals surface area contributed by atoms with Crippen LogP contribution in [0.5, 0.6) is 0 Å². The fourth-order valence-electron chi connectivity index (χ4n) is 3.91. The Bertz CT molecular complexity index is 1020. The molecule has 4 aromatic rings. The van der Waals surface area contributed by atoms with Gasteiger partial charge in [0, 0.05) is 29.4 Å². The largest absolute Gasteiger partial charge is 0.352 e. The lowest BCUT2D eigenvalue weighted by Crippen LogP contribution is -2.30. The average molecular weight is 361 g/mol. The molecule has 5 nitrogen and oxygen atoms in total. The van der Waals surface area contributed by atoms with E-state index in [0.29, 0.717) is 12.0 Å². The van der Waals surface area contributed by atoms with Gasteiger partial charge in [-0.2, -0.15) is 15.9 Å². The Balaban J connectivity index is 1.50. The van der Waals surface area contributed by atoms with Gasteiger partial charge in [0.05, 0.1) is 0 Å². The Kier molecular flexibility index (Phi) is 3.71. The van der Waals surface area contributed by atoms with Gasteiger partial charge < -0.3 is 4.90 Å². The molecule has 0 saturated carbocycles. The van der Waals surface area contributed by atoms with Crippen LogP contribution in [0.4, 0.5) is 5.82 Å². The molecule has 1 fully saturated rings. The maximum Gasteiger partial charge on any atom is 0.186 e. The van der Waals surface area contributed by atoms with Crippen molar-refractivity contribution < 1.29 is 0 Å². The minimum atomic E-state index is 0.406. The van der Waals surface area contributed by atoms with Crippen LogP contribution < -0.4 is 4.90 Å².